The summed E-state index contributed by atoms with van der Waals surface area (Å²) in [6, 6.07) is 0. The summed E-state index contributed by atoms with van der Waals surface area (Å²) in [5, 5.41) is 0. The van der Waals surface area contributed by atoms with Crippen LogP contribution in [0.1, 0.15) is 0 Å². The van der Waals surface area contributed by atoms with E-state index in [-0.39, 0.29) is 273 Å². The third kappa shape index (κ3) is 41.7. The smallest absolute Gasteiger partial charge is 0.810 e. The molecule has 1 unspecified atom stereocenters. The van der Waals surface area contributed by atoms with Crippen molar-refractivity contribution < 1.29 is 331 Å². The van der Waals surface area contributed by atoms with Crippen molar-refractivity contribution in [3.8, 4) is 0 Å². The minimum absolute atomic E-state index is 0. The molecule has 0 aliphatic carbocycles. The van der Waals surface area contributed by atoms with E-state index in [0.29, 0.717) is 9.80 Å². The Morgan fingerprint density at radius 1 is 0.533 bits per heavy atom. The van der Waals surface area contributed by atoms with Crippen molar-refractivity contribution in [3.63, 3.8) is 0 Å². The van der Waals surface area contributed by atoms with E-state index in [4.69, 9.17) is 4.89 Å². The summed E-state index contributed by atoms with van der Waals surface area (Å²) in [6.07, 6.45) is -5.45. The fraction of sp³-hybridized carbons (Fsp3) is 1.00. The van der Waals surface area contributed by atoms with Gasteiger partial charge in [-0.05, 0) is 0 Å². The van der Waals surface area contributed by atoms with Crippen LogP contribution in [0.3, 0.4) is 0 Å². The van der Waals surface area contributed by atoms with Crippen molar-refractivity contribution in [2.45, 2.75) is 0 Å². The Bertz CT molecular complexity index is 512. The maximum absolute atomic E-state index is 10.8. The first-order valence-corrected chi connectivity index (χ1v) is 12.8. The second-order valence-electron chi connectivity index (χ2n) is 4.82. The summed E-state index contributed by atoms with van der Waals surface area (Å²) in [4.78, 5) is 84.2. The van der Waals surface area contributed by atoms with E-state index in [2.05, 4.69) is 0 Å². The fourth-order valence-corrected chi connectivity index (χ4v) is 4.90. The predicted octanol–water partition coefficient (Wildman–Crippen LogP) is -21.3. The van der Waals surface area contributed by atoms with Crippen molar-refractivity contribution in [3.05, 3.63) is 0 Å². The van der Waals surface area contributed by atoms with Gasteiger partial charge in [0.05, 0.1) is 6.29 Å². The van der Waals surface area contributed by atoms with Gasteiger partial charge in [0.2, 0.25) is 0 Å². The molecule has 1 atom stereocenters. The van der Waals surface area contributed by atoms with Crippen LogP contribution in [0.15, 0.2) is 0 Å². The standard InChI is InChI=1S/C6H20N2O12P4.5K.Ni/c9-21(10,11)3-7(4-22(12,13)14)1-2-8(5-23(15,16)17)6-24(18,19)20;;;;;;/h1-6H2,(H2,9,10,11)(H2,12,13,14)(H2,15,16,17)(H2,18,19,20);;;;;;/q;5*+1;+2/p-7. The first-order valence-electron chi connectivity index (χ1n) is 5.87. The molecule has 0 heterocycles. The zero-order valence-electron chi connectivity index (χ0n) is 17.2. The Kier molecular flexibility index (Phi) is 47.6. The first kappa shape index (κ1) is 55.2. The maximum Gasteiger partial charge on any atom is 2.00 e. The Balaban J connectivity index is -0.000000176. The van der Waals surface area contributed by atoms with Crippen LogP contribution in [0.25, 0.3) is 0 Å². The molecular weight excluding hydrogens is 670 g/mol. The SMILES string of the molecule is O=P([O-])([O-])CN(CCN(CP(=O)([O-])[O-])CP(=O)([O-])O)CP(=O)([O-])[O-].[K+].[K+].[K+].[K+].[K+].[Ni+2]. The van der Waals surface area contributed by atoms with Crippen LogP contribution in [-0.2, 0) is 34.8 Å². The number of nitrogens with zero attached hydrogens (tertiary/aromatic N) is 2. The van der Waals surface area contributed by atoms with Crippen molar-refractivity contribution in [1.29, 1.82) is 0 Å². The van der Waals surface area contributed by atoms with Gasteiger partial charge in [-0.25, -0.2) is 0 Å². The van der Waals surface area contributed by atoms with E-state index < -0.39 is 68.6 Å². The van der Waals surface area contributed by atoms with Crippen LogP contribution in [0.4, 0.5) is 0 Å². The Morgan fingerprint density at radius 3 is 0.900 bits per heavy atom. The maximum atomic E-state index is 10.8. The molecule has 30 heavy (non-hydrogen) atoms. The molecule has 1 N–H and O–H groups in total. The van der Waals surface area contributed by atoms with Gasteiger partial charge in [-0.2, -0.15) is 0 Å². The van der Waals surface area contributed by atoms with Gasteiger partial charge in [0.1, 0.15) is 7.60 Å². The molecule has 0 saturated heterocycles. The van der Waals surface area contributed by atoms with E-state index in [0.717, 1.165) is 0 Å². The molecule has 0 aliphatic rings. The average molecular weight is 683 g/mol. The third-order valence-corrected chi connectivity index (χ3v) is 5.23. The van der Waals surface area contributed by atoms with E-state index in [1.54, 1.807) is 0 Å². The minimum atomic E-state index is -5.29. The summed E-state index contributed by atoms with van der Waals surface area (Å²) in [6.45, 7) is -1.48. The number of hydrogen-bond acceptors (Lipinski definition) is 13. The molecule has 0 aromatic rings. The molecule has 0 spiro atoms. The van der Waals surface area contributed by atoms with E-state index in [1.165, 1.54) is 0 Å². The molecule has 0 aliphatic heterocycles. The third-order valence-electron chi connectivity index (χ3n) is 2.23. The van der Waals surface area contributed by atoms with Crippen molar-refractivity contribution in [1.82, 2.24) is 9.80 Å². The number of hydrogen-bond donors (Lipinski definition) is 1. The second-order valence-corrected chi connectivity index (χ2v) is 10.9. The monoisotopic (exact) mass is 682 g/mol. The van der Waals surface area contributed by atoms with Crippen LogP contribution in [0.5, 0.6) is 0 Å². The normalized spacial score (nSPS) is 13.3. The van der Waals surface area contributed by atoms with Gasteiger partial charge < -0.3 is 57.4 Å². The van der Waals surface area contributed by atoms with Crippen LogP contribution in [-0.4, -0.2) is 52.9 Å². The van der Waals surface area contributed by atoms with E-state index in [1.807, 2.05) is 0 Å². The average Bonchev–Trinajstić information content (AvgIpc) is 2.16. The second kappa shape index (κ2) is 25.9. The summed E-state index contributed by atoms with van der Waals surface area (Å²) in [5.41, 5.74) is 0. The molecule has 0 saturated carbocycles. The molecule has 0 radical (unpaired) electrons. The fourth-order valence-electron chi connectivity index (χ4n) is 1.64. The van der Waals surface area contributed by atoms with Crippen LogP contribution in [0.2, 0.25) is 0 Å². The van der Waals surface area contributed by atoms with Gasteiger partial charge in [0.15, 0.2) is 0 Å². The molecule has 0 amide bonds. The summed E-state index contributed by atoms with van der Waals surface area (Å²) < 4.78 is 42.8. The van der Waals surface area contributed by atoms with Crippen molar-refractivity contribution in [2.24, 2.45) is 0 Å². The van der Waals surface area contributed by atoms with Crippen LogP contribution >= 0.6 is 30.4 Å². The largest absolute Gasteiger partial charge is 2.00 e. The predicted molar refractivity (Wildman–Crippen MR) is 65.5 cm³/mol. The van der Waals surface area contributed by atoms with Gasteiger partial charge >= 0.3 is 273 Å². The molecule has 0 bridgehead atoms. The van der Waals surface area contributed by atoms with Crippen molar-refractivity contribution >= 4 is 30.4 Å². The molecule has 14 nitrogen and oxygen atoms in total. The quantitative estimate of drug-likeness (QED) is 0.157. The summed E-state index contributed by atoms with van der Waals surface area (Å²) in [7, 11) is -20.9. The summed E-state index contributed by atoms with van der Waals surface area (Å²) in [5.74, 6) is 0. The molecule has 0 fully saturated rings. The first-order chi connectivity index (χ1) is 10.4. The molecule has 0 rings (SSSR count). The zero-order chi connectivity index (χ0) is 19.4. The van der Waals surface area contributed by atoms with E-state index >= 15 is 0 Å². The number of rotatable bonds is 11. The molecular formula is C6H13K5N2NiO12P4. The van der Waals surface area contributed by atoms with Crippen LogP contribution < -0.4 is 291 Å². The Morgan fingerprint density at radius 2 is 0.733 bits per heavy atom. The Hall–Kier alpha value is 9.20. The van der Waals surface area contributed by atoms with Gasteiger partial charge in [0.25, 0.3) is 0 Å². The zero-order valence-corrected chi connectivity index (χ0v) is 37.4. The molecule has 154 valence electrons. The molecule has 0 aromatic heterocycles. The Labute approximate surface area is 397 Å². The van der Waals surface area contributed by atoms with Crippen molar-refractivity contribution in [2.75, 3.05) is 38.2 Å². The van der Waals surface area contributed by atoms with Crippen LogP contribution in [0, 0.1) is 0 Å². The topological polar surface area (TPSA) is 256 Å². The minimum Gasteiger partial charge on any atom is -0.810 e. The van der Waals surface area contributed by atoms with Gasteiger partial charge in [0, 0.05) is 31.9 Å². The van der Waals surface area contributed by atoms with Gasteiger partial charge in [-0.3, -0.25) is 9.80 Å². The van der Waals surface area contributed by atoms with Gasteiger partial charge in [-0.15, -0.1) is 0 Å². The summed E-state index contributed by atoms with van der Waals surface area (Å²) >= 11 is 0. The van der Waals surface area contributed by atoms with Gasteiger partial charge in [-0.1, -0.05) is 22.8 Å². The molecule has 0 aromatic carbocycles. The molecule has 24 heteroatoms. The van der Waals surface area contributed by atoms with E-state index in [9.17, 15) is 52.5 Å².